The molecule has 1 aliphatic carbocycles. The number of fused-ring (bicyclic) bond motifs is 1. The number of ketones is 1. The van der Waals surface area contributed by atoms with Crippen molar-refractivity contribution in [3.8, 4) is 0 Å². The Kier molecular flexibility index (Phi) is 6.36. The molecule has 0 heterocycles. The fourth-order valence-electron chi connectivity index (χ4n) is 4.28. The fraction of sp³-hybridized carbons (Fsp3) is 0.385. The molecule has 0 fully saturated rings. The molecule has 2 aromatic rings. The minimum absolute atomic E-state index is 0.0694. The predicted molar refractivity (Wildman–Crippen MR) is 118 cm³/mol. The summed E-state index contributed by atoms with van der Waals surface area (Å²) in [5.41, 5.74) is 5.89. The number of rotatable bonds is 7. The second-order valence-corrected chi connectivity index (χ2v) is 8.02. The number of carbonyl (C=O) groups excluding carboxylic acids is 2. The van der Waals surface area contributed by atoms with Gasteiger partial charge in [-0.3, -0.25) is 9.59 Å². The molecule has 0 aromatic heterocycles. The summed E-state index contributed by atoms with van der Waals surface area (Å²) in [5.74, 6) is -0.0344. The Hall–Kier alpha value is -2.68. The van der Waals surface area contributed by atoms with Gasteiger partial charge in [0.05, 0.1) is 11.5 Å². The highest BCUT2D eigenvalue weighted by molar-refractivity contribution is 6.39. The van der Waals surface area contributed by atoms with Crippen molar-refractivity contribution in [1.29, 1.82) is 0 Å². The largest absolute Gasteiger partial charge is 0.425 e. The van der Waals surface area contributed by atoms with Crippen molar-refractivity contribution < 1.29 is 14.3 Å². The van der Waals surface area contributed by atoms with E-state index in [0.29, 0.717) is 22.5 Å². The first-order valence-electron chi connectivity index (χ1n) is 10.6. The van der Waals surface area contributed by atoms with Gasteiger partial charge in [-0.05, 0) is 50.3 Å². The zero-order chi connectivity index (χ0) is 21.1. The lowest BCUT2D eigenvalue weighted by molar-refractivity contribution is -0.141. The molecule has 3 heteroatoms. The fourth-order valence-corrected chi connectivity index (χ4v) is 4.28. The Balaban J connectivity index is 2.12. The maximum absolute atomic E-state index is 13.3. The molecule has 3 nitrogen and oxygen atoms in total. The quantitative estimate of drug-likeness (QED) is 0.511. The maximum atomic E-state index is 13.3. The van der Waals surface area contributed by atoms with Gasteiger partial charge in [0.15, 0.2) is 11.5 Å². The van der Waals surface area contributed by atoms with Crippen LogP contribution in [0.4, 0.5) is 0 Å². The molecule has 1 aliphatic rings. The van der Waals surface area contributed by atoms with Crippen LogP contribution < -0.4 is 0 Å². The molecule has 0 amide bonds. The average Bonchev–Trinajstić information content (AvgIpc) is 2.94. The molecule has 1 atom stereocenters. The zero-order valence-corrected chi connectivity index (χ0v) is 18.1. The van der Waals surface area contributed by atoms with Crippen LogP contribution in [0.1, 0.15) is 77.7 Å². The topological polar surface area (TPSA) is 43.4 Å². The van der Waals surface area contributed by atoms with Gasteiger partial charge >= 0.3 is 5.97 Å². The number of carbonyl (C=O) groups is 2. The molecular formula is C26H30O3. The molecule has 2 aromatic carbocycles. The van der Waals surface area contributed by atoms with Gasteiger partial charge < -0.3 is 4.74 Å². The Bertz CT molecular complexity index is 958. The zero-order valence-electron chi connectivity index (χ0n) is 18.1. The van der Waals surface area contributed by atoms with Gasteiger partial charge in [0.1, 0.15) is 0 Å². The number of aryl methyl sites for hydroxylation is 3. The molecule has 0 aliphatic heterocycles. The van der Waals surface area contributed by atoms with Crippen molar-refractivity contribution >= 4 is 23.1 Å². The van der Waals surface area contributed by atoms with Crippen molar-refractivity contribution in [3.63, 3.8) is 0 Å². The summed E-state index contributed by atoms with van der Waals surface area (Å²) in [7, 11) is 0. The SMILES string of the molecule is CCCC[C@H](CC)C(=O)OC1=C(c2c(C)cc(C)cc2C)C(=O)c2ccccc21. The van der Waals surface area contributed by atoms with Crippen molar-refractivity contribution in [1.82, 2.24) is 0 Å². The summed E-state index contributed by atoms with van der Waals surface area (Å²) >= 11 is 0. The van der Waals surface area contributed by atoms with E-state index in [4.69, 9.17) is 4.74 Å². The number of ether oxygens (including phenoxy) is 1. The van der Waals surface area contributed by atoms with Crippen LogP contribution in [0.25, 0.3) is 11.3 Å². The van der Waals surface area contributed by atoms with Gasteiger partial charge in [0.25, 0.3) is 0 Å². The number of unbranched alkanes of at least 4 members (excludes halogenated alkanes) is 1. The van der Waals surface area contributed by atoms with Crippen LogP contribution in [0.3, 0.4) is 0 Å². The Labute approximate surface area is 173 Å². The Morgan fingerprint density at radius 2 is 1.62 bits per heavy atom. The number of Topliss-reactive ketones (excluding diaryl/α,β-unsaturated/α-hetero) is 1. The summed E-state index contributed by atoms with van der Waals surface area (Å²) in [6.07, 6.45) is 3.58. The normalized spacial score (nSPS) is 14.2. The summed E-state index contributed by atoms with van der Waals surface area (Å²) in [6.45, 7) is 10.2. The third-order valence-electron chi connectivity index (χ3n) is 5.73. The molecular weight excluding hydrogens is 360 g/mol. The van der Waals surface area contributed by atoms with E-state index in [9.17, 15) is 9.59 Å². The van der Waals surface area contributed by atoms with Crippen LogP contribution in [0.2, 0.25) is 0 Å². The van der Waals surface area contributed by atoms with Gasteiger partial charge in [0, 0.05) is 11.1 Å². The third kappa shape index (κ3) is 4.05. The van der Waals surface area contributed by atoms with E-state index in [2.05, 4.69) is 19.1 Å². The van der Waals surface area contributed by atoms with E-state index >= 15 is 0 Å². The predicted octanol–water partition coefficient (Wildman–Crippen LogP) is 6.44. The van der Waals surface area contributed by atoms with E-state index in [1.54, 1.807) is 0 Å². The summed E-state index contributed by atoms with van der Waals surface area (Å²) in [5, 5.41) is 0. The highest BCUT2D eigenvalue weighted by Crippen LogP contribution is 2.41. The van der Waals surface area contributed by atoms with Crippen molar-refractivity contribution in [2.75, 3.05) is 0 Å². The van der Waals surface area contributed by atoms with Gasteiger partial charge in [-0.15, -0.1) is 0 Å². The highest BCUT2D eigenvalue weighted by Gasteiger charge is 2.35. The first-order chi connectivity index (χ1) is 13.9. The molecule has 0 saturated carbocycles. The molecule has 0 spiro atoms. The average molecular weight is 391 g/mol. The molecule has 152 valence electrons. The van der Waals surface area contributed by atoms with E-state index in [1.165, 1.54) is 0 Å². The highest BCUT2D eigenvalue weighted by atomic mass is 16.5. The van der Waals surface area contributed by atoms with Crippen LogP contribution in [-0.2, 0) is 9.53 Å². The van der Waals surface area contributed by atoms with Crippen LogP contribution in [0.15, 0.2) is 36.4 Å². The molecule has 0 radical (unpaired) electrons. The molecule has 0 saturated heterocycles. The van der Waals surface area contributed by atoms with Crippen molar-refractivity contribution in [2.45, 2.75) is 60.3 Å². The smallest absolute Gasteiger partial charge is 0.314 e. The number of allylic oxidation sites excluding steroid dienone is 1. The minimum atomic E-state index is -0.236. The van der Waals surface area contributed by atoms with Crippen LogP contribution in [0, 0.1) is 26.7 Å². The van der Waals surface area contributed by atoms with Gasteiger partial charge in [0.2, 0.25) is 0 Å². The second kappa shape index (κ2) is 8.77. The number of hydrogen-bond acceptors (Lipinski definition) is 3. The van der Waals surface area contributed by atoms with Crippen molar-refractivity contribution in [2.24, 2.45) is 5.92 Å². The Morgan fingerprint density at radius 1 is 1.00 bits per heavy atom. The molecule has 0 bridgehead atoms. The van der Waals surface area contributed by atoms with E-state index in [1.807, 2.05) is 52.0 Å². The maximum Gasteiger partial charge on any atom is 0.314 e. The first-order valence-corrected chi connectivity index (χ1v) is 10.6. The van der Waals surface area contributed by atoms with E-state index < -0.39 is 0 Å². The monoisotopic (exact) mass is 390 g/mol. The third-order valence-corrected chi connectivity index (χ3v) is 5.73. The number of benzene rings is 2. The lowest BCUT2D eigenvalue weighted by Crippen LogP contribution is -2.17. The summed E-state index contributed by atoms with van der Waals surface area (Å²) in [6, 6.07) is 11.6. The molecule has 29 heavy (non-hydrogen) atoms. The number of esters is 1. The standard InChI is InChI=1S/C26H30O3/c1-6-8-11-19(7-2)26(28)29-25-21-13-10-9-12-20(21)24(27)23(25)22-17(4)14-16(3)15-18(22)5/h9-10,12-15,19H,6-8,11H2,1-5H3/t19-/m0/s1. The molecule has 0 unspecified atom stereocenters. The van der Waals surface area contributed by atoms with E-state index in [-0.39, 0.29) is 17.7 Å². The summed E-state index contributed by atoms with van der Waals surface area (Å²) in [4.78, 5) is 26.3. The Morgan fingerprint density at radius 3 is 2.21 bits per heavy atom. The van der Waals surface area contributed by atoms with Crippen molar-refractivity contribution in [3.05, 3.63) is 69.8 Å². The van der Waals surface area contributed by atoms with E-state index in [0.717, 1.165) is 47.9 Å². The minimum Gasteiger partial charge on any atom is -0.425 e. The second-order valence-electron chi connectivity index (χ2n) is 8.02. The van der Waals surface area contributed by atoms with Crippen LogP contribution in [0.5, 0.6) is 0 Å². The molecule has 3 rings (SSSR count). The molecule has 0 N–H and O–H groups in total. The summed E-state index contributed by atoms with van der Waals surface area (Å²) < 4.78 is 5.99. The van der Waals surface area contributed by atoms with Crippen LogP contribution >= 0.6 is 0 Å². The first kappa shape index (κ1) is 21.0. The lowest BCUT2D eigenvalue weighted by atomic mass is 9.91. The van der Waals surface area contributed by atoms with Gasteiger partial charge in [-0.25, -0.2) is 0 Å². The number of hydrogen-bond donors (Lipinski definition) is 0. The van der Waals surface area contributed by atoms with Gasteiger partial charge in [-0.2, -0.15) is 0 Å². The van der Waals surface area contributed by atoms with Gasteiger partial charge in [-0.1, -0.05) is 68.7 Å². The van der Waals surface area contributed by atoms with Crippen LogP contribution in [-0.4, -0.2) is 11.8 Å². The lowest BCUT2D eigenvalue weighted by Gasteiger charge is -2.17.